The van der Waals surface area contributed by atoms with Gasteiger partial charge in [0, 0.05) is 23.4 Å². The Hall–Kier alpha value is -0.520. The fourth-order valence-electron chi connectivity index (χ4n) is 1.09. The predicted molar refractivity (Wildman–Crippen MR) is 69.6 cm³/mol. The van der Waals surface area contributed by atoms with Crippen LogP contribution < -0.4 is 5.32 Å². The van der Waals surface area contributed by atoms with Crippen LogP contribution in [0.4, 0.5) is 0 Å². The number of hydrogen-bond acceptors (Lipinski definition) is 4. The second-order valence-electron chi connectivity index (χ2n) is 3.89. The molecule has 0 fully saturated rings. The Labute approximate surface area is 106 Å². The summed E-state index contributed by atoms with van der Waals surface area (Å²) < 4.78 is 5.36. The monoisotopic (exact) mass is 259 g/mol. The van der Waals surface area contributed by atoms with Gasteiger partial charge in [-0.25, -0.2) is 0 Å². The van der Waals surface area contributed by atoms with E-state index < -0.39 is 0 Å². The summed E-state index contributed by atoms with van der Waals surface area (Å²) in [5.41, 5.74) is 0. The van der Waals surface area contributed by atoms with Crippen LogP contribution in [0.1, 0.15) is 23.5 Å². The first kappa shape index (κ1) is 13.5. The number of thiol groups is 1. The molecule has 3 nitrogen and oxygen atoms in total. The number of rotatable bonds is 6. The number of carbonyl (C=O) groups is 1. The summed E-state index contributed by atoms with van der Waals surface area (Å²) in [6.07, 6.45) is 0. The highest BCUT2D eigenvalue weighted by Crippen LogP contribution is 2.17. The third-order valence-corrected chi connectivity index (χ3v) is 3.15. The van der Waals surface area contributed by atoms with Crippen molar-refractivity contribution in [3.8, 4) is 0 Å². The fraction of sp³-hybridized carbons (Fsp3) is 0.545. The first-order valence-electron chi connectivity index (χ1n) is 5.23. The maximum absolute atomic E-state index is 11.6. The molecule has 1 N–H and O–H groups in total. The van der Waals surface area contributed by atoms with Gasteiger partial charge >= 0.3 is 0 Å². The molecule has 0 unspecified atom stereocenters. The van der Waals surface area contributed by atoms with Crippen molar-refractivity contribution < 1.29 is 9.53 Å². The lowest BCUT2D eigenvalue weighted by Crippen LogP contribution is -2.26. The normalized spacial score (nSPS) is 10.8. The summed E-state index contributed by atoms with van der Waals surface area (Å²) >= 11 is 5.55. The third kappa shape index (κ3) is 5.01. The largest absolute Gasteiger partial charge is 0.379 e. The van der Waals surface area contributed by atoms with Gasteiger partial charge in [0.25, 0.3) is 5.91 Å². The van der Waals surface area contributed by atoms with Gasteiger partial charge in [0.05, 0.1) is 11.5 Å². The summed E-state index contributed by atoms with van der Waals surface area (Å²) in [7, 11) is 0. The van der Waals surface area contributed by atoms with Crippen LogP contribution in [0.25, 0.3) is 0 Å². The Morgan fingerprint density at radius 1 is 1.62 bits per heavy atom. The van der Waals surface area contributed by atoms with Gasteiger partial charge in [-0.2, -0.15) is 0 Å². The zero-order valence-corrected chi connectivity index (χ0v) is 11.2. The number of carbonyl (C=O) groups excluding carboxylic acids is 1. The van der Waals surface area contributed by atoms with E-state index in [1.165, 1.54) is 11.3 Å². The van der Waals surface area contributed by atoms with Crippen LogP contribution in [0.15, 0.2) is 16.3 Å². The van der Waals surface area contributed by atoms with Crippen LogP contribution >= 0.6 is 24.0 Å². The minimum absolute atomic E-state index is 0.0570. The zero-order valence-electron chi connectivity index (χ0n) is 9.53. The molecule has 0 aliphatic heterocycles. The van der Waals surface area contributed by atoms with Gasteiger partial charge in [0.2, 0.25) is 0 Å². The predicted octanol–water partition coefficient (Wildman–Crippen LogP) is 2.44. The molecule has 1 rings (SSSR count). The van der Waals surface area contributed by atoms with Crippen LogP contribution in [0.2, 0.25) is 0 Å². The molecule has 0 radical (unpaired) electrons. The molecule has 5 heteroatoms. The molecule has 0 saturated heterocycles. The van der Waals surface area contributed by atoms with Crippen molar-refractivity contribution >= 4 is 29.9 Å². The second kappa shape index (κ2) is 6.93. The van der Waals surface area contributed by atoms with E-state index in [1.54, 1.807) is 6.07 Å². The highest BCUT2D eigenvalue weighted by molar-refractivity contribution is 7.80. The van der Waals surface area contributed by atoms with Gasteiger partial charge in [-0.05, 0) is 12.0 Å². The van der Waals surface area contributed by atoms with Crippen molar-refractivity contribution in [1.29, 1.82) is 0 Å². The van der Waals surface area contributed by atoms with Gasteiger partial charge in [0.15, 0.2) is 0 Å². The molecule has 0 aromatic carbocycles. The third-order valence-electron chi connectivity index (χ3n) is 1.79. The molecule has 0 atom stereocenters. The van der Waals surface area contributed by atoms with Gasteiger partial charge in [-0.15, -0.1) is 24.0 Å². The Balaban J connectivity index is 2.16. The van der Waals surface area contributed by atoms with Gasteiger partial charge < -0.3 is 10.1 Å². The van der Waals surface area contributed by atoms with Crippen molar-refractivity contribution in [3.05, 3.63) is 16.3 Å². The van der Waals surface area contributed by atoms with Gasteiger partial charge in [0.1, 0.15) is 0 Å². The SMILES string of the molecule is CC(C)COCCNC(=O)c1cc(S)cs1. The Bertz CT molecular complexity index is 336. The van der Waals surface area contributed by atoms with Crippen LogP contribution in [-0.4, -0.2) is 25.7 Å². The van der Waals surface area contributed by atoms with Crippen LogP contribution in [0.3, 0.4) is 0 Å². The first-order valence-corrected chi connectivity index (χ1v) is 6.55. The van der Waals surface area contributed by atoms with E-state index in [1.807, 2.05) is 5.38 Å². The Kier molecular flexibility index (Phi) is 5.87. The summed E-state index contributed by atoms with van der Waals surface area (Å²) in [6.45, 7) is 6.03. The molecule has 1 aromatic rings. The lowest BCUT2D eigenvalue weighted by molar-refractivity contribution is 0.0889. The van der Waals surface area contributed by atoms with Crippen LogP contribution in [0.5, 0.6) is 0 Å². The van der Waals surface area contributed by atoms with E-state index in [0.717, 1.165) is 11.5 Å². The Morgan fingerprint density at radius 2 is 2.38 bits per heavy atom. The molecule has 0 spiro atoms. The first-order chi connectivity index (χ1) is 7.59. The van der Waals surface area contributed by atoms with E-state index >= 15 is 0 Å². The van der Waals surface area contributed by atoms with E-state index in [-0.39, 0.29) is 5.91 Å². The number of amides is 1. The zero-order chi connectivity index (χ0) is 12.0. The number of ether oxygens (including phenoxy) is 1. The highest BCUT2D eigenvalue weighted by atomic mass is 32.1. The molecule has 90 valence electrons. The van der Waals surface area contributed by atoms with E-state index in [2.05, 4.69) is 31.8 Å². The lowest BCUT2D eigenvalue weighted by Gasteiger charge is -2.07. The fourth-order valence-corrected chi connectivity index (χ4v) is 2.15. The standard InChI is InChI=1S/C11H17NO2S2/c1-8(2)6-14-4-3-12-11(13)10-5-9(15)7-16-10/h5,7-8,15H,3-4,6H2,1-2H3,(H,12,13). The van der Waals surface area contributed by atoms with Crippen molar-refractivity contribution in [1.82, 2.24) is 5.32 Å². The van der Waals surface area contributed by atoms with Crippen molar-refractivity contribution in [2.24, 2.45) is 5.92 Å². The van der Waals surface area contributed by atoms with E-state index in [0.29, 0.717) is 23.9 Å². The summed E-state index contributed by atoms with van der Waals surface area (Å²) in [4.78, 5) is 13.1. The molecule has 0 bridgehead atoms. The lowest BCUT2D eigenvalue weighted by atomic mass is 10.2. The Morgan fingerprint density at radius 3 is 2.94 bits per heavy atom. The molecule has 1 heterocycles. The summed E-state index contributed by atoms with van der Waals surface area (Å²) in [5, 5.41) is 4.64. The average molecular weight is 259 g/mol. The average Bonchev–Trinajstić information content (AvgIpc) is 2.63. The molecule has 1 aromatic heterocycles. The topological polar surface area (TPSA) is 38.3 Å². The molecule has 1 amide bonds. The number of nitrogens with one attached hydrogen (secondary N) is 1. The molecule has 0 aliphatic rings. The minimum atomic E-state index is -0.0570. The minimum Gasteiger partial charge on any atom is -0.379 e. The quantitative estimate of drug-likeness (QED) is 0.608. The highest BCUT2D eigenvalue weighted by Gasteiger charge is 2.06. The van der Waals surface area contributed by atoms with Crippen molar-refractivity contribution in [3.63, 3.8) is 0 Å². The molecular weight excluding hydrogens is 242 g/mol. The maximum atomic E-state index is 11.6. The van der Waals surface area contributed by atoms with Gasteiger partial charge in [-0.1, -0.05) is 13.8 Å². The van der Waals surface area contributed by atoms with Gasteiger partial charge in [-0.3, -0.25) is 4.79 Å². The van der Waals surface area contributed by atoms with E-state index in [4.69, 9.17) is 4.74 Å². The van der Waals surface area contributed by atoms with Crippen LogP contribution in [-0.2, 0) is 4.74 Å². The number of thiophene rings is 1. The van der Waals surface area contributed by atoms with E-state index in [9.17, 15) is 4.79 Å². The molecule has 16 heavy (non-hydrogen) atoms. The summed E-state index contributed by atoms with van der Waals surface area (Å²) in [6, 6.07) is 1.76. The maximum Gasteiger partial charge on any atom is 0.261 e. The van der Waals surface area contributed by atoms with Crippen molar-refractivity contribution in [2.75, 3.05) is 19.8 Å². The smallest absolute Gasteiger partial charge is 0.261 e. The second-order valence-corrected chi connectivity index (χ2v) is 5.32. The van der Waals surface area contributed by atoms with Crippen molar-refractivity contribution in [2.45, 2.75) is 18.7 Å². The molecule has 0 saturated carbocycles. The molecular formula is C11H17NO2S2. The summed E-state index contributed by atoms with van der Waals surface area (Å²) in [5.74, 6) is 0.471. The number of hydrogen-bond donors (Lipinski definition) is 2. The molecule has 0 aliphatic carbocycles. The van der Waals surface area contributed by atoms with Crippen LogP contribution in [0, 0.1) is 5.92 Å².